The highest BCUT2D eigenvalue weighted by Crippen LogP contribution is 2.37. The molecular formula is C16H20N4O4S. The van der Waals surface area contributed by atoms with Gasteiger partial charge in [0.15, 0.2) is 16.7 Å². The number of thioether (sulfide) groups is 1. The summed E-state index contributed by atoms with van der Waals surface area (Å²) in [5, 5.41) is 9.45. The second-order valence-electron chi connectivity index (χ2n) is 5.73. The number of methoxy groups -OCH3 is 2. The van der Waals surface area contributed by atoms with Gasteiger partial charge in [0.25, 0.3) is 0 Å². The maximum absolute atomic E-state index is 12.4. The first-order valence-electron chi connectivity index (χ1n) is 7.90. The molecule has 3 rings (SSSR count). The average molecular weight is 364 g/mol. The number of rotatable bonds is 7. The second-order valence-corrected chi connectivity index (χ2v) is 7.04. The van der Waals surface area contributed by atoms with Gasteiger partial charge in [-0.3, -0.25) is 9.36 Å². The summed E-state index contributed by atoms with van der Waals surface area (Å²) in [7, 11) is 3.09. The fourth-order valence-corrected chi connectivity index (χ4v) is 3.32. The van der Waals surface area contributed by atoms with Crippen LogP contribution >= 0.6 is 11.8 Å². The molecule has 0 aliphatic heterocycles. The molecule has 1 aromatic heterocycles. The van der Waals surface area contributed by atoms with E-state index in [-0.39, 0.29) is 17.6 Å². The molecule has 0 spiro atoms. The Morgan fingerprint density at radius 2 is 2.08 bits per heavy atom. The molecular weight excluding hydrogens is 344 g/mol. The van der Waals surface area contributed by atoms with Crippen LogP contribution in [0.3, 0.4) is 0 Å². The summed E-state index contributed by atoms with van der Waals surface area (Å²) < 4.78 is 12.0. The molecule has 0 radical (unpaired) electrons. The maximum Gasteiger partial charge on any atom is 0.344 e. The van der Waals surface area contributed by atoms with E-state index in [1.54, 1.807) is 36.8 Å². The van der Waals surface area contributed by atoms with Crippen molar-refractivity contribution in [1.29, 1.82) is 0 Å². The first-order valence-corrected chi connectivity index (χ1v) is 8.78. The van der Waals surface area contributed by atoms with E-state index in [0.717, 1.165) is 12.8 Å². The molecule has 1 unspecified atom stereocenters. The fraction of sp³-hybridized carbons (Fsp3) is 0.438. The van der Waals surface area contributed by atoms with Crippen LogP contribution in [0.5, 0.6) is 11.5 Å². The van der Waals surface area contributed by atoms with Crippen molar-refractivity contribution < 1.29 is 14.3 Å². The van der Waals surface area contributed by atoms with Crippen LogP contribution in [-0.4, -0.2) is 40.1 Å². The van der Waals surface area contributed by atoms with Gasteiger partial charge in [0.2, 0.25) is 5.91 Å². The molecule has 1 aromatic carbocycles. The lowest BCUT2D eigenvalue weighted by Crippen LogP contribution is -2.23. The van der Waals surface area contributed by atoms with Gasteiger partial charge in [-0.25, -0.2) is 9.89 Å². The largest absolute Gasteiger partial charge is 0.493 e. The normalized spacial score (nSPS) is 14.8. The molecule has 1 aliphatic rings. The highest BCUT2D eigenvalue weighted by Gasteiger charge is 2.30. The minimum absolute atomic E-state index is 0.185. The zero-order valence-corrected chi connectivity index (χ0v) is 15.1. The van der Waals surface area contributed by atoms with E-state index in [1.807, 2.05) is 0 Å². The number of ether oxygens (including phenoxy) is 2. The van der Waals surface area contributed by atoms with Gasteiger partial charge < -0.3 is 14.8 Å². The summed E-state index contributed by atoms with van der Waals surface area (Å²) in [6, 6.07) is 5.37. The molecule has 1 saturated carbocycles. The van der Waals surface area contributed by atoms with Crippen LogP contribution < -0.4 is 20.5 Å². The lowest BCUT2D eigenvalue weighted by atomic mass is 10.2. The van der Waals surface area contributed by atoms with Crippen molar-refractivity contribution in [2.75, 3.05) is 19.5 Å². The smallest absolute Gasteiger partial charge is 0.344 e. The molecule has 8 nitrogen and oxygen atoms in total. The molecule has 2 aromatic rings. The van der Waals surface area contributed by atoms with Crippen LogP contribution in [0.25, 0.3) is 0 Å². The van der Waals surface area contributed by atoms with E-state index in [4.69, 9.17) is 9.47 Å². The minimum Gasteiger partial charge on any atom is -0.493 e. The lowest BCUT2D eigenvalue weighted by molar-refractivity contribution is -0.115. The Labute approximate surface area is 148 Å². The van der Waals surface area contributed by atoms with E-state index in [9.17, 15) is 9.59 Å². The first kappa shape index (κ1) is 17.4. The molecule has 134 valence electrons. The second kappa shape index (κ2) is 7.22. The number of anilines is 1. The van der Waals surface area contributed by atoms with Crippen molar-refractivity contribution in [3.63, 3.8) is 0 Å². The topological polar surface area (TPSA) is 98.2 Å². The molecule has 1 aliphatic carbocycles. The number of hydrogen-bond acceptors (Lipinski definition) is 6. The average Bonchev–Trinajstić information content (AvgIpc) is 3.38. The highest BCUT2D eigenvalue weighted by atomic mass is 32.2. The van der Waals surface area contributed by atoms with Crippen LogP contribution in [0, 0.1) is 0 Å². The molecule has 0 saturated heterocycles. The quantitative estimate of drug-likeness (QED) is 0.730. The number of H-pyrrole nitrogens is 1. The third-order valence-corrected chi connectivity index (χ3v) is 4.95. The Morgan fingerprint density at radius 3 is 2.72 bits per heavy atom. The van der Waals surface area contributed by atoms with E-state index < -0.39 is 5.25 Å². The van der Waals surface area contributed by atoms with Gasteiger partial charge in [-0.05, 0) is 31.9 Å². The van der Waals surface area contributed by atoms with Crippen LogP contribution in [0.15, 0.2) is 28.2 Å². The molecule has 1 atom stereocenters. The molecule has 1 amide bonds. The molecule has 1 heterocycles. The van der Waals surface area contributed by atoms with Crippen molar-refractivity contribution in [2.45, 2.75) is 36.2 Å². The lowest BCUT2D eigenvalue weighted by Gasteiger charge is -2.13. The van der Waals surface area contributed by atoms with Crippen LogP contribution in [0.4, 0.5) is 5.69 Å². The van der Waals surface area contributed by atoms with Crippen molar-refractivity contribution in [3.8, 4) is 11.5 Å². The predicted molar refractivity (Wildman–Crippen MR) is 94.6 cm³/mol. The maximum atomic E-state index is 12.4. The Bertz CT molecular complexity index is 828. The van der Waals surface area contributed by atoms with Crippen LogP contribution in [0.2, 0.25) is 0 Å². The monoisotopic (exact) mass is 364 g/mol. The van der Waals surface area contributed by atoms with Gasteiger partial charge in [-0.15, -0.1) is 5.10 Å². The number of hydrogen-bond donors (Lipinski definition) is 2. The number of carbonyl (C=O) groups excluding carboxylic acids is 1. The third-order valence-electron chi connectivity index (χ3n) is 3.89. The summed E-state index contributed by atoms with van der Waals surface area (Å²) in [5.74, 6) is 0.943. The summed E-state index contributed by atoms with van der Waals surface area (Å²) in [4.78, 5) is 24.2. The van der Waals surface area contributed by atoms with E-state index in [2.05, 4.69) is 15.5 Å². The first-order chi connectivity index (χ1) is 12.0. The number of aromatic nitrogens is 3. The van der Waals surface area contributed by atoms with Crippen molar-refractivity contribution >= 4 is 23.4 Å². The van der Waals surface area contributed by atoms with E-state index in [1.165, 1.54) is 18.9 Å². The minimum atomic E-state index is -0.416. The van der Waals surface area contributed by atoms with E-state index in [0.29, 0.717) is 22.3 Å². The Balaban J connectivity index is 1.68. The zero-order valence-electron chi connectivity index (χ0n) is 14.2. The summed E-state index contributed by atoms with van der Waals surface area (Å²) in [5.41, 5.74) is 0.384. The summed E-state index contributed by atoms with van der Waals surface area (Å²) in [6.45, 7) is 1.77. The van der Waals surface area contributed by atoms with E-state index >= 15 is 0 Å². The molecule has 0 bridgehead atoms. The van der Waals surface area contributed by atoms with Gasteiger partial charge in [-0.1, -0.05) is 11.8 Å². The van der Waals surface area contributed by atoms with Gasteiger partial charge >= 0.3 is 5.69 Å². The SMILES string of the molecule is COc1ccc(NC(=O)C(C)Sc2n[nH]c(=O)n2C2CC2)cc1OC. The van der Waals surface area contributed by atoms with Crippen molar-refractivity contribution in [2.24, 2.45) is 0 Å². The number of amides is 1. The van der Waals surface area contributed by atoms with Gasteiger partial charge in [0, 0.05) is 17.8 Å². The Morgan fingerprint density at radius 1 is 1.36 bits per heavy atom. The molecule has 9 heteroatoms. The van der Waals surface area contributed by atoms with Crippen molar-refractivity contribution in [3.05, 3.63) is 28.7 Å². The Hall–Kier alpha value is -2.42. The van der Waals surface area contributed by atoms with Gasteiger partial charge in [0.05, 0.1) is 19.5 Å². The number of benzene rings is 1. The predicted octanol–water partition coefficient (Wildman–Crippen LogP) is 2.04. The van der Waals surface area contributed by atoms with Crippen LogP contribution in [-0.2, 0) is 4.79 Å². The van der Waals surface area contributed by atoms with Crippen molar-refractivity contribution in [1.82, 2.24) is 14.8 Å². The number of nitrogens with zero attached hydrogens (tertiary/aromatic N) is 2. The third kappa shape index (κ3) is 3.81. The summed E-state index contributed by atoms with van der Waals surface area (Å²) in [6.07, 6.45) is 1.94. The van der Waals surface area contributed by atoms with Crippen LogP contribution in [0.1, 0.15) is 25.8 Å². The van der Waals surface area contributed by atoms with Gasteiger partial charge in [-0.2, -0.15) is 0 Å². The number of aromatic amines is 1. The fourth-order valence-electron chi connectivity index (χ4n) is 2.40. The highest BCUT2D eigenvalue weighted by molar-refractivity contribution is 8.00. The number of nitrogens with one attached hydrogen (secondary N) is 2. The molecule has 25 heavy (non-hydrogen) atoms. The Kier molecular flexibility index (Phi) is 5.03. The zero-order chi connectivity index (χ0) is 18.0. The molecule has 2 N–H and O–H groups in total. The standard InChI is InChI=1S/C16H20N4O4S/c1-9(25-16-19-18-15(22)20(16)11-5-6-11)14(21)17-10-4-7-12(23-2)13(8-10)24-3/h4,7-9,11H,5-6H2,1-3H3,(H,17,21)(H,18,22). The summed E-state index contributed by atoms with van der Waals surface area (Å²) >= 11 is 1.26. The molecule has 1 fully saturated rings. The van der Waals surface area contributed by atoms with Gasteiger partial charge in [0.1, 0.15) is 0 Å². The number of carbonyl (C=O) groups is 1.